The minimum Gasteiger partial charge on any atom is -0.496 e. The first-order chi connectivity index (χ1) is 8.13. The summed E-state index contributed by atoms with van der Waals surface area (Å²) in [5.74, 6) is -0.660. The van der Waals surface area contributed by atoms with E-state index in [-0.39, 0.29) is 11.4 Å². The van der Waals surface area contributed by atoms with Gasteiger partial charge in [0.1, 0.15) is 5.75 Å². The third-order valence-electron chi connectivity index (χ3n) is 2.30. The Morgan fingerprint density at radius 3 is 2.82 bits per heavy atom. The predicted molar refractivity (Wildman–Crippen MR) is 58.0 cm³/mol. The monoisotopic (exact) mass is 234 g/mol. The number of aryl methyl sites for hydroxylation is 1. The molecular formula is C11H10N2O4. The Bertz CT molecular complexity index is 562. The van der Waals surface area contributed by atoms with Crippen LogP contribution in [0.15, 0.2) is 22.8 Å². The Hall–Kier alpha value is -2.37. The smallest absolute Gasteiger partial charge is 0.360 e. The molecule has 1 aromatic heterocycles. The molecule has 2 aromatic rings. The van der Waals surface area contributed by atoms with Crippen molar-refractivity contribution in [1.82, 2.24) is 10.3 Å². The SMILES string of the molecule is COc1cc(C)ccc1-c1nonc1C(=O)O. The molecule has 2 rings (SSSR count). The van der Waals surface area contributed by atoms with E-state index in [1.165, 1.54) is 7.11 Å². The molecule has 0 aliphatic rings. The normalized spacial score (nSPS) is 10.2. The fraction of sp³-hybridized carbons (Fsp3) is 0.182. The zero-order valence-corrected chi connectivity index (χ0v) is 9.30. The van der Waals surface area contributed by atoms with Crippen LogP contribution >= 0.6 is 0 Å². The lowest BCUT2D eigenvalue weighted by atomic mass is 10.1. The number of methoxy groups -OCH3 is 1. The summed E-state index contributed by atoms with van der Waals surface area (Å²) >= 11 is 0. The van der Waals surface area contributed by atoms with E-state index in [1.807, 2.05) is 13.0 Å². The van der Waals surface area contributed by atoms with Crippen LogP contribution in [0.5, 0.6) is 5.75 Å². The predicted octanol–water partition coefficient (Wildman–Crippen LogP) is 1.75. The van der Waals surface area contributed by atoms with Gasteiger partial charge in [0.05, 0.1) is 7.11 Å². The maximum Gasteiger partial charge on any atom is 0.360 e. The first kappa shape index (κ1) is 11.1. The van der Waals surface area contributed by atoms with Crippen LogP contribution in [-0.2, 0) is 0 Å². The van der Waals surface area contributed by atoms with Crippen molar-refractivity contribution in [3.63, 3.8) is 0 Å². The van der Waals surface area contributed by atoms with Crippen LogP contribution in [0.25, 0.3) is 11.3 Å². The molecule has 88 valence electrons. The highest BCUT2D eigenvalue weighted by molar-refractivity contribution is 5.93. The first-order valence-corrected chi connectivity index (χ1v) is 4.84. The molecule has 1 aromatic carbocycles. The molecule has 17 heavy (non-hydrogen) atoms. The van der Waals surface area contributed by atoms with Crippen LogP contribution in [0.1, 0.15) is 16.1 Å². The van der Waals surface area contributed by atoms with Gasteiger partial charge in [-0.05, 0) is 34.9 Å². The summed E-state index contributed by atoms with van der Waals surface area (Å²) in [6.07, 6.45) is 0. The average Bonchev–Trinajstić information content (AvgIpc) is 2.77. The number of ether oxygens (including phenoxy) is 1. The molecule has 0 bridgehead atoms. The molecule has 0 saturated heterocycles. The van der Waals surface area contributed by atoms with Crippen molar-refractivity contribution in [2.75, 3.05) is 7.11 Å². The van der Waals surface area contributed by atoms with E-state index in [0.29, 0.717) is 11.3 Å². The van der Waals surface area contributed by atoms with E-state index in [2.05, 4.69) is 14.9 Å². The van der Waals surface area contributed by atoms with Gasteiger partial charge < -0.3 is 9.84 Å². The minimum absolute atomic E-state index is 0.161. The maximum absolute atomic E-state index is 10.9. The van der Waals surface area contributed by atoms with Crippen molar-refractivity contribution in [2.24, 2.45) is 0 Å². The lowest BCUT2D eigenvalue weighted by molar-refractivity contribution is 0.0685. The van der Waals surface area contributed by atoms with Crippen LogP contribution < -0.4 is 4.74 Å². The number of benzene rings is 1. The van der Waals surface area contributed by atoms with Gasteiger partial charge in [0.2, 0.25) is 5.69 Å². The third-order valence-corrected chi connectivity index (χ3v) is 2.30. The highest BCUT2D eigenvalue weighted by Gasteiger charge is 2.21. The summed E-state index contributed by atoms with van der Waals surface area (Å²) < 4.78 is 9.64. The average molecular weight is 234 g/mol. The van der Waals surface area contributed by atoms with Gasteiger partial charge in [-0.25, -0.2) is 9.42 Å². The van der Waals surface area contributed by atoms with Gasteiger partial charge in [-0.15, -0.1) is 0 Å². The molecule has 1 N–H and O–H groups in total. The second-order valence-corrected chi connectivity index (χ2v) is 3.47. The number of aromatic nitrogens is 2. The minimum atomic E-state index is -1.19. The molecule has 0 atom stereocenters. The summed E-state index contributed by atoms with van der Waals surface area (Å²) in [6, 6.07) is 5.34. The van der Waals surface area contributed by atoms with E-state index < -0.39 is 5.97 Å². The van der Waals surface area contributed by atoms with Crippen molar-refractivity contribution in [1.29, 1.82) is 0 Å². The van der Waals surface area contributed by atoms with Crippen molar-refractivity contribution in [2.45, 2.75) is 6.92 Å². The molecule has 6 heteroatoms. The lowest BCUT2D eigenvalue weighted by Gasteiger charge is -2.06. The molecule has 0 aliphatic carbocycles. The van der Waals surface area contributed by atoms with Gasteiger partial charge in [0.25, 0.3) is 0 Å². The van der Waals surface area contributed by atoms with Gasteiger partial charge in [0, 0.05) is 5.56 Å². The first-order valence-electron chi connectivity index (χ1n) is 4.84. The number of rotatable bonds is 3. The summed E-state index contributed by atoms with van der Waals surface area (Å²) in [6.45, 7) is 1.91. The number of carbonyl (C=O) groups is 1. The quantitative estimate of drug-likeness (QED) is 0.870. The number of aromatic carboxylic acids is 1. The number of carboxylic acid groups (broad SMARTS) is 1. The number of hydrogen-bond acceptors (Lipinski definition) is 5. The van der Waals surface area contributed by atoms with Crippen molar-refractivity contribution in [3.05, 3.63) is 29.5 Å². The molecule has 0 spiro atoms. The number of carboxylic acids is 1. The number of hydrogen-bond donors (Lipinski definition) is 1. The largest absolute Gasteiger partial charge is 0.496 e. The molecule has 0 radical (unpaired) electrons. The molecule has 0 fully saturated rings. The van der Waals surface area contributed by atoms with Crippen LogP contribution in [0.4, 0.5) is 0 Å². The summed E-state index contributed by atoms with van der Waals surface area (Å²) in [4.78, 5) is 10.9. The van der Waals surface area contributed by atoms with Crippen LogP contribution in [0.2, 0.25) is 0 Å². The second-order valence-electron chi connectivity index (χ2n) is 3.47. The van der Waals surface area contributed by atoms with E-state index in [9.17, 15) is 4.79 Å². The lowest BCUT2D eigenvalue weighted by Crippen LogP contribution is -2.00. The number of nitrogens with zero attached hydrogens (tertiary/aromatic N) is 2. The van der Waals surface area contributed by atoms with Crippen LogP contribution in [-0.4, -0.2) is 28.5 Å². The fourth-order valence-electron chi connectivity index (χ4n) is 1.50. The Kier molecular flexibility index (Phi) is 2.78. The summed E-state index contributed by atoms with van der Waals surface area (Å²) in [5, 5.41) is 15.9. The van der Waals surface area contributed by atoms with Crippen LogP contribution in [0.3, 0.4) is 0 Å². The topological polar surface area (TPSA) is 85.5 Å². The molecule has 6 nitrogen and oxygen atoms in total. The Morgan fingerprint density at radius 1 is 1.41 bits per heavy atom. The van der Waals surface area contributed by atoms with Crippen molar-refractivity contribution in [3.8, 4) is 17.0 Å². The van der Waals surface area contributed by atoms with Crippen LogP contribution in [0, 0.1) is 6.92 Å². The maximum atomic E-state index is 10.9. The molecule has 0 saturated carbocycles. The van der Waals surface area contributed by atoms with E-state index in [1.54, 1.807) is 12.1 Å². The highest BCUT2D eigenvalue weighted by atomic mass is 16.6. The molecule has 0 unspecified atom stereocenters. The van der Waals surface area contributed by atoms with Gasteiger partial charge in [-0.1, -0.05) is 6.07 Å². The standard InChI is InChI=1S/C11H10N2O4/c1-6-3-4-7(8(5-6)16-2)9-10(11(14)15)13-17-12-9/h3-5H,1-2H3,(H,14,15). The highest BCUT2D eigenvalue weighted by Crippen LogP contribution is 2.31. The van der Waals surface area contributed by atoms with Crippen molar-refractivity contribution < 1.29 is 19.3 Å². The van der Waals surface area contributed by atoms with Gasteiger partial charge in [-0.2, -0.15) is 0 Å². The van der Waals surface area contributed by atoms with Crippen molar-refractivity contribution >= 4 is 5.97 Å². The summed E-state index contributed by atoms with van der Waals surface area (Å²) in [5.41, 5.74) is 1.47. The van der Waals surface area contributed by atoms with E-state index in [4.69, 9.17) is 9.84 Å². The molecule has 0 aliphatic heterocycles. The zero-order valence-electron chi connectivity index (χ0n) is 9.30. The Labute approximate surface area is 96.8 Å². The Balaban J connectivity index is 2.60. The molecule has 1 heterocycles. The second kappa shape index (κ2) is 4.25. The zero-order chi connectivity index (χ0) is 12.4. The van der Waals surface area contributed by atoms with Gasteiger partial charge in [-0.3, -0.25) is 0 Å². The van der Waals surface area contributed by atoms with E-state index in [0.717, 1.165) is 5.56 Å². The molecular weight excluding hydrogens is 224 g/mol. The molecule has 0 amide bonds. The fourth-order valence-corrected chi connectivity index (χ4v) is 1.50. The Morgan fingerprint density at radius 2 is 2.18 bits per heavy atom. The summed E-state index contributed by atoms with van der Waals surface area (Å²) in [7, 11) is 1.51. The van der Waals surface area contributed by atoms with Gasteiger partial charge >= 0.3 is 5.97 Å². The third kappa shape index (κ3) is 1.96. The van der Waals surface area contributed by atoms with Gasteiger partial charge in [0.15, 0.2) is 5.69 Å². The van der Waals surface area contributed by atoms with E-state index >= 15 is 0 Å².